The Kier molecular flexibility index (Phi) is 10.4. The molecule has 17 heavy (non-hydrogen) atoms. The van der Waals surface area contributed by atoms with Crippen LogP contribution in [0, 0.1) is 11.3 Å². The topological polar surface area (TPSA) is 0 Å². The number of rotatable bonds is 10. The lowest BCUT2D eigenvalue weighted by Gasteiger charge is -2.31. The van der Waals surface area contributed by atoms with Crippen molar-refractivity contribution in [2.24, 2.45) is 11.3 Å². The van der Waals surface area contributed by atoms with E-state index in [2.05, 4.69) is 27.7 Å². The zero-order chi connectivity index (χ0) is 13.1. The molecule has 0 aliphatic heterocycles. The van der Waals surface area contributed by atoms with E-state index in [0.29, 0.717) is 5.41 Å². The van der Waals surface area contributed by atoms with Gasteiger partial charge in [-0.1, -0.05) is 66.2 Å². The van der Waals surface area contributed by atoms with Gasteiger partial charge in [-0.15, -0.1) is 11.6 Å². The fourth-order valence-corrected chi connectivity index (χ4v) is 2.66. The van der Waals surface area contributed by atoms with Crippen LogP contribution in [-0.2, 0) is 0 Å². The minimum absolute atomic E-state index is 0.454. The molecule has 0 aromatic heterocycles. The highest BCUT2D eigenvalue weighted by Crippen LogP contribution is 2.34. The Bertz CT molecular complexity index is 157. The maximum atomic E-state index is 5.81. The van der Waals surface area contributed by atoms with Gasteiger partial charge < -0.3 is 0 Å². The smallest absolute Gasteiger partial charge is 0.0223 e. The lowest BCUT2D eigenvalue weighted by molar-refractivity contribution is 0.205. The van der Waals surface area contributed by atoms with E-state index in [0.717, 1.165) is 11.8 Å². The molecule has 0 aromatic rings. The lowest BCUT2D eigenvalue weighted by atomic mass is 9.75. The van der Waals surface area contributed by atoms with Gasteiger partial charge in [0.1, 0.15) is 0 Å². The average Bonchev–Trinajstić information content (AvgIpc) is 2.25. The van der Waals surface area contributed by atoms with Crippen LogP contribution in [0.4, 0.5) is 0 Å². The normalized spacial score (nSPS) is 13.9. The molecule has 104 valence electrons. The molecule has 0 aromatic carbocycles. The Morgan fingerprint density at radius 3 is 1.88 bits per heavy atom. The van der Waals surface area contributed by atoms with E-state index in [1.807, 2.05) is 0 Å². The first-order valence-electron chi connectivity index (χ1n) is 7.58. The second kappa shape index (κ2) is 10.2. The molecule has 0 nitrogen and oxygen atoms in total. The Hall–Kier alpha value is 0.290. The molecule has 0 amide bonds. The highest BCUT2D eigenvalue weighted by Gasteiger charge is 2.23. The van der Waals surface area contributed by atoms with E-state index in [4.69, 9.17) is 11.6 Å². The van der Waals surface area contributed by atoms with Gasteiger partial charge in [0.25, 0.3) is 0 Å². The van der Waals surface area contributed by atoms with Crippen molar-refractivity contribution in [2.45, 2.75) is 85.5 Å². The van der Waals surface area contributed by atoms with Gasteiger partial charge in [0.15, 0.2) is 0 Å². The first kappa shape index (κ1) is 17.3. The molecule has 0 aliphatic carbocycles. The molecule has 0 fully saturated rings. The van der Waals surface area contributed by atoms with Crippen LogP contribution in [0.15, 0.2) is 0 Å². The highest BCUT2D eigenvalue weighted by atomic mass is 35.5. The van der Waals surface area contributed by atoms with Gasteiger partial charge in [-0.25, -0.2) is 0 Å². The standard InChI is InChI=1S/C16H33Cl/c1-5-6-7-8-9-10-12-15(13-11-14-17)16(2,3)4/h15H,5-14H2,1-4H3. The van der Waals surface area contributed by atoms with Crippen molar-refractivity contribution in [1.29, 1.82) is 0 Å². The van der Waals surface area contributed by atoms with Gasteiger partial charge in [0.2, 0.25) is 0 Å². The van der Waals surface area contributed by atoms with Crippen molar-refractivity contribution >= 4 is 11.6 Å². The quantitative estimate of drug-likeness (QED) is 0.314. The number of unbranched alkanes of at least 4 members (excludes halogenated alkanes) is 5. The fourth-order valence-electron chi connectivity index (χ4n) is 2.50. The van der Waals surface area contributed by atoms with Crippen molar-refractivity contribution < 1.29 is 0 Å². The molecular weight excluding hydrogens is 228 g/mol. The molecule has 0 bridgehead atoms. The van der Waals surface area contributed by atoms with Crippen molar-refractivity contribution in [3.8, 4) is 0 Å². The monoisotopic (exact) mass is 260 g/mol. The third kappa shape index (κ3) is 9.94. The molecule has 1 heteroatoms. The molecule has 0 heterocycles. The maximum Gasteiger partial charge on any atom is 0.0223 e. The molecule has 1 atom stereocenters. The summed E-state index contributed by atoms with van der Waals surface area (Å²) < 4.78 is 0. The molecular formula is C16H33Cl. The van der Waals surface area contributed by atoms with E-state index in [1.165, 1.54) is 57.8 Å². The third-order valence-corrected chi connectivity index (χ3v) is 4.08. The summed E-state index contributed by atoms with van der Waals surface area (Å²) in [6.07, 6.45) is 12.3. The maximum absolute atomic E-state index is 5.81. The number of halogens is 1. The van der Waals surface area contributed by atoms with Crippen molar-refractivity contribution in [3.63, 3.8) is 0 Å². The Morgan fingerprint density at radius 2 is 1.35 bits per heavy atom. The van der Waals surface area contributed by atoms with E-state index in [1.54, 1.807) is 0 Å². The fraction of sp³-hybridized carbons (Fsp3) is 1.00. The van der Waals surface area contributed by atoms with Crippen LogP contribution in [0.3, 0.4) is 0 Å². The second-order valence-electron chi connectivity index (χ2n) is 6.45. The second-order valence-corrected chi connectivity index (χ2v) is 6.83. The predicted molar refractivity (Wildman–Crippen MR) is 80.9 cm³/mol. The first-order chi connectivity index (χ1) is 8.02. The SMILES string of the molecule is CCCCCCCCC(CCCCl)C(C)(C)C. The van der Waals surface area contributed by atoms with Crippen LogP contribution in [0.2, 0.25) is 0 Å². The summed E-state index contributed by atoms with van der Waals surface area (Å²) in [4.78, 5) is 0. The van der Waals surface area contributed by atoms with Gasteiger partial charge >= 0.3 is 0 Å². The summed E-state index contributed by atoms with van der Waals surface area (Å²) in [7, 11) is 0. The van der Waals surface area contributed by atoms with E-state index < -0.39 is 0 Å². The lowest BCUT2D eigenvalue weighted by Crippen LogP contribution is -2.20. The minimum atomic E-state index is 0.454. The van der Waals surface area contributed by atoms with Crippen LogP contribution in [0.25, 0.3) is 0 Å². The Morgan fingerprint density at radius 1 is 0.824 bits per heavy atom. The highest BCUT2D eigenvalue weighted by molar-refractivity contribution is 6.17. The van der Waals surface area contributed by atoms with Crippen LogP contribution >= 0.6 is 11.6 Å². The van der Waals surface area contributed by atoms with E-state index in [9.17, 15) is 0 Å². The van der Waals surface area contributed by atoms with Gasteiger partial charge in [0.05, 0.1) is 0 Å². The van der Waals surface area contributed by atoms with E-state index in [-0.39, 0.29) is 0 Å². The summed E-state index contributed by atoms with van der Waals surface area (Å²) in [5.74, 6) is 1.68. The van der Waals surface area contributed by atoms with Crippen LogP contribution in [0.1, 0.15) is 85.5 Å². The number of hydrogen-bond acceptors (Lipinski definition) is 0. The van der Waals surface area contributed by atoms with Gasteiger partial charge in [0, 0.05) is 5.88 Å². The average molecular weight is 261 g/mol. The van der Waals surface area contributed by atoms with Gasteiger partial charge in [-0.2, -0.15) is 0 Å². The van der Waals surface area contributed by atoms with E-state index >= 15 is 0 Å². The largest absolute Gasteiger partial charge is 0.127 e. The summed E-state index contributed by atoms with van der Waals surface area (Å²) in [6, 6.07) is 0. The molecule has 0 rings (SSSR count). The summed E-state index contributed by atoms with van der Waals surface area (Å²) in [5, 5.41) is 0. The molecule has 0 saturated heterocycles. The van der Waals surface area contributed by atoms with Crippen molar-refractivity contribution in [2.75, 3.05) is 5.88 Å². The number of hydrogen-bond donors (Lipinski definition) is 0. The van der Waals surface area contributed by atoms with Crippen molar-refractivity contribution in [3.05, 3.63) is 0 Å². The molecule has 0 spiro atoms. The van der Waals surface area contributed by atoms with Gasteiger partial charge in [-0.3, -0.25) is 0 Å². The summed E-state index contributed by atoms with van der Waals surface area (Å²) in [5.41, 5.74) is 0.454. The summed E-state index contributed by atoms with van der Waals surface area (Å²) >= 11 is 5.81. The molecule has 0 saturated carbocycles. The molecule has 1 unspecified atom stereocenters. The zero-order valence-electron chi connectivity index (χ0n) is 12.5. The Balaban J connectivity index is 3.69. The molecule has 0 aliphatic rings. The van der Waals surface area contributed by atoms with Crippen LogP contribution in [-0.4, -0.2) is 5.88 Å². The predicted octanol–water partition coefficient (Wildman–Crippen LogP) is 6.42. The zero-order valence-corrected chi connectivity index (χ0v) is 13.3. The molecule has 0 radical (unpaired) electrons. The third-order valence-electron chi connectivity index (χ3n) is 3.82. The first-order valence-corrected chi connectivity index (χ1v) is 8.11. The number of alkyl halides is 1. The van der Waals surface area contributed by atoms with Crippen LogP contribution < -0.4 is 0 Å². The van der Waals surface area contributed by atoms with Crippen molar-refractivity contribution in [1.82, 2.24) is 0 Å². The minimum Gasteiger partial charge on any atom is -0.127 e. The summed E-state index contributed by atoms with van der Waals surface area (Å²) in [6.45, 7) is 9.41. The molecule has 0 N–H and O–H groups in total. The Labute approximate surface area is 115 Å². The van der Waals surface area contributed by atoms with Crippen LogP contribution in [0.5, 0.6) is 0 Å². The van der Waals surface area contributed by atoms with Gasteiger partial charge in [-0.05, 0) is 30.6 Å².